The van der Waals surface area contributed by atoms with Gasteiger partial charge in [-0.25, -0.2) is 0 Å². The molecule has 0 amide bonds. The topological polar surface area (TPSA) is 78.9 Å². The minimum atomic E-state index is -0.773. The molecule has 0 aromatic heterocycles. The van der Waals surface area contributed by atoms with Crippen LogP contribution in [0.2, 0.25) is 0 Å². The molecule has 484 valence electrons. The second kappa shape index (κ2) is 71.6. The maximum Gasteiger partial charge on any atom is 0.306 e. The van der Waals surface area contributed by atoms with Crippen LogP contribution in [0.3, 0.4) is 0 Å². The zero-order valence-electron chi connectivity index (χ0n) is 55.7. The van der Waals surface area contributed by atoms with E-state index in [-0.39, 0.29) is 31.1 Å². The second-order valence-corrected chi connectivity index (χ2v) is 24.9. The van der Waals surface area contributed by atoms with Crippen molar-refractivity contribution in [1.29, 1.82) is 0 Å². The van der Waals surface area contributed by atoms with Crippen LogP contribution in [0.4, 0.5) is 0 Å². The lowest BCUT2D eigenvalue weighted by Crippen LogP contribution is -2.30. The third-order valence-electron chi connectivity index (χ3n) is 16.5. The molecule has 0 heterocycles. The molecule has 0 aromatic rings. The van der Waals surface area contributed by atoms with Crippen molar-refractivity contribution in [2.75, 3.05) is 13.2 Å². The van der Waals surface area contributed by atoms with Crippen LogP contribution in [0, 0.1) is 0 Å². The van der Waals surface area contributed by atoms with Crippen molar-refractivity contribution in [2.45, 2.75) is 399 Å². The Morgan fingerprint density at radius 3 is 0.675 bits per heavy atom. The Balaban J connectivity index is 4.18. The Hall–Kier alpha value is -2.89. The zero-order valence-corrected chi connectivity index (χ0v) is 55.7. The maximum atomic E-state index is 13.0. The van der Waals surface area contributed by atoms with Crippen molar-refractivity contribution in [3.8, 4) is 0 Å². The molecule has 0 bridgehead atoms. The molecule has 83 heavy (non-hydrogen) atoms. The average Bonchev–Trinajstić information content (AvgIpc) is 3.48. The summed E-state index contributed by atoms with van der Waals surface area (Å²) in [6.07, 6.45) is 92.6. The van der Waals surface area contributed by atoms with E-state index in [4.69, 9.17) is 14.2 Å². The molecule has 1 atom stereocenters. The monoisotopic (exact) mass is 1160 g/mol. The normalized spacial score (nSPS) is 12.4. The van der Waals surface area contributed by atoms with E-state index in [9.17, 15) is 14.4 Å². The fourth-order valence-electron chi connectivity index (χ4n) is 11.0. The number of hydrogen-bond donors (Lipinski definition) is 0. The van der Waals surface area contributed by atoms with Crippen LogP contribution in [0.15, 0.2) is 60.8 Å². The Morgan fingerprint density at radius 1 is 0.241 bits per heavy atom. The average molecular weight is 1160 g/mol. The van der Waals surface area contributed by atoms with Gasteiger partial charge in [-0.3, -0.25) is 14.4 Å². The van der Waals surface area contributed by atoms with E-state index in [0.29, 0.717) is 19.3 Å². The first-order valence-electron chi connectivity index (χ1n) is 36.8. The summed E-state index contributed by atoms with van der Waals surface area (Å²) in [6.45, 7) is 6.67. The van der Waals surface area contributed by atoms with Gasteiger partial charge in [-0.1, -0.05) is 345 Å². The smallest absolute Gasteiger partial charge is 0.306 e. The number of ether oxygens (including phenoxy) is 3. The minimum absolute atomic E-state index is 0.0695. The molecular formula is C77H140O6. The van der Waals surface area contributed by atoms with Gasteiger partial charge in [0.15, 0.2) is 6.10 Å². The van der Waals surface area contributed by atoms with Crippen molar-refractivity contribution in [3.63, 3.8) is 0 Å². The van der Waals surface area contributed by atoms with Gasteiger partial charge >= 0.3 is 17.9 Å². The Bertz CT molecular complexity index is 1470. The lowest BCUT2D eigenvalue weighted by molar-refractivity contribution is -0.167. The molecule has 0 aliphatic heterocycles. The van der Waals surface area contributed by atoms with Gasteiger partial charge in [0.25, 0.3) is 0 Å². The van der Waals surface area contributed by atoms with E-state index >= 15 is 0 Å². The van der Waals surface area contributed by atoms with Crippen LogP contribution in [0.1, 0.15) is 393 Å². The fraction of sp³-hybridized carbons (Fsp3) is 0.831. The van der Waals surface area contributed by atoms with Crippen molar-refractivity contribution in [1.82, 2.24) is 0 Å². The lowest BCUT2D eigenvalue weighted by atomic mass is 10.0. The molecule has 0 saturated carbocycles. The summed E-state index contributed by atoms with van der Waals surface area (Å²) in [6, 6.07) is 0. The summed E-state index contributed by atoms with van der Waals surface area (Å²) in [5.74, 6) is -0.847. The van der Waals surface area contributed by atoms with E-state index < -0.39 is 6.10 Å². The van der Waals surface area contributed by atoms with Gasteiger partial charge in [0.2, 0.25) is 0 Å². The number of unbranched alkanes of at least 4 members (excludes halogenated alkanes) is 47. The van der Waals surface area contributed by atoms with Crippen LogP contribution in [0.5, 0.6) is 0 Å². The number of hydrogen-bond acceptors (Lipinski definition) is 6. The number of carbonyl (C=O) groups excluding carboxylic acids is 3. The van der Waals surface area contributed by atoms with Crippen molar-refractivity contribution in [2.24, 2.45) is 0 Å². The van der Waals surface area contributed by atoms with Crippen LogP contribution in [-0.2, 0) is 28.6 Å². The number of esters is 3. The third kappa shape index (κ3) is 69.8. The Kier molecular flexibility index (Phi) is 69.1. The highest BCUT2D eigenvalue weighted by Crippen LogP contribution is 2.18. The Labute approximate surface area is 517 Å². The summed E-state index contributed by atoms with van der Waals surface area (Å²) in [5.41, 5.74) is 0. The molecule has 0 rings (SSSR count). The van der Waals surface area contributed by atoms with Gasteiger partial charge in [0.1, 0.15) is 13.2 Å². The minimum Gasteiger partial charge on any atom is -0.462 e. The summed E-state index contributed by atoms with van der Waals surface area (Å²) < 4.78 is 17.0. The summed E-state index contributed by atoms with van der Waals surface area (Å²) in [7, 11) is 0. The molecule has 0 saturated heterocycles. The second-order valence-electron chi connectivity index (χ2n) is 24.9. The van der Waals surface area contributed by atoms with Gasteiger partial charge in [0.05, 0.1) is 0 Å². The molecule has 1 unspecified atom stereocenters. The highest BCUT2D eigenvalue weighted by Gasteiger charge is 2.19. The highest BCUT2D eigenvalue weighted by atomic mass is 16.6. The largest absolute Gasteiger partial charge is 0.462 e. The first kappa shape index (κ1) is 80.1. The van der Waals surface area contributed by atoms with E-state index in [1.807, 2.05) is 0 Å². The van der Waals surface area contributed by atoms with Crippen LogP contribution < -0.4 is 0 Å². The van der Waals surface area contributed by atoms with Gasteiger partial charge in [-0.15, -0.1) is 0 Å². The van der Waals surface area contributed by atoms with Gasteiger partial charge in [-0.2, -0.15) is 0 Å². The summed E-state index contributed by atoms with van der Waals surface area (Å²) in [5, 5.41) is 0. The molecule has 0 aliphatic rings. The number of carbonyl (C=O) groups is 3. The number of rotatable bonds is 68. The van der Waals surface area contributed by atoms with Gasteiger partial charge in [-0.05, 0) is 89.9 Å². The molecule has 0 N–H and O–H groups in total. The molecule has 0 aromatic carbocycles. The third-order valence-corrected chi connectivity index (χ3v) is 16.5. The van der Waals surface area contributed by atoms with E-state index in [1.54, 1.807) is 0 Å². The number of allylic oxidation sites excluding steroid dienone is 10. The van der Waals surface area contributed by atoms with E-state index in [2.05, 4.69) is 81.5 Å². The van der Waals surface area contributed by atoms with Crippen LogP contribution >= 0.6 is 0 Å². The molecule has 0 spiro atoms. The predicted molar refractivity (Wildman–Crippen MR) is 362 cm³/mol. The van der Waals surface area contributed by atoms with Gasteiger partial charge < -0.3 is 14.2 Å². The lowest BCUT2D eigenvalue weighted by Gasteiger charge is -2.18. The SMILES string of the molecule is CCCCCCC/C=C\C/C=C\C/C=C\CCCCCCCCCCCCCCCCC(=O)OCC(COC(=O)CCCCCCCCCCCCC)OC(=O)CCCCCCCCCCCCCCC/C=C\C/C=C\CCCCCCC. The molecular weight excluding hydrogens is 1020 g/mol. The first-order chi connectivity index (χ1) is 41.0. The summed E-state index contributed by atoms with van der Waals surface area (Å²) in [4.78, 5) is 38.4. The molecule has 6 nitrogen and oxygen atoms in total. The molecule has 0 radical (unpaired) electrons. The van der Waals surface area contributed by atoms with E-state index in [0.717, 1.165) is 77.0 Å². The predicted octanol–water partition coefficient (Wildman–Crippen LogP) is 25.5. The molecule has 0 fully saturated rings. The molecule has 6 heteroatoms. The quantitative estimate of drug-likeness (QED) is 0.0261. The van der Waals surface area contributed by atoms with Crippen molar-refractivity contribution >= 4 is 17.9 Å². The van der Waals surface area contributed by atoms with Gasteiger partial charge in [0, 0.05) is 19.3 Å². The van der Waals surface area contributed by atoms with Crippen molar-refractivity contribution in [3.05, 3.63) is 60.8 Å². The standard InChI is InChI=1S/C77H140O6/c1-4-7-10-13-16-19-22-24-26-28-30-32-34-36-37-38-39-41-42-44-46-48-50-52-55-58-61-64-67-70-76(79)82-73-74(72-81-75(78)69-66-63-60-57-54-21-18-15-12-9-6-3)83-77(80)71-68-65-62-59-56-53-51-49-47-45-43-40-35-33-31-29-27-25-23-20-17-14-11-8-5-2/h22-25,28-31,34,36,74H,4-21,26-27,32-33,35,37-73H2,1-3H3/b24-22-,25-23-,30-28-,31-29-,36-34-. The van der Waals surface area contributed by atoms with Crippen LogP contribution in [0.25, 0.3) is 0 Å². The Morgan fingerprint density at radius 2 is 0.434 bits per heavy atom. The summed E-state index contributed by atoms with van der Waals surface area (Å²) >= 11 is 0. The van der Waals surface area contributed by atoms with Crippen LogP contribution in [-0.4, -0.2) is 37.2 Å². The fourth-order valence-corrected chi connectivity index (χ4v) is 11.0. The van der Waals surface area contributed by atoms with Crippen molar-refractivity contribution < 1.29 is 28.6 Å². The first-order valence-corrected chi connectivity index (χ1v) is 36.8. The highest BCUT2D eigenvalue weighted by molar-refractivity contribution is 5.71. The molecule has 0 aliphatic carbocycles. The zero-order chi connectivity index (χ0) is 59.9. The van der Waals surface area contributed by atoms with E-state index in [1.165, 1.54) is 276 Å². The maximum absolute atomic E-state index is 13.0.